The Morgan fingerprint density at radius 2 is 2.30 bits per heavy atom. The lowest BCUT2D eigenvalue weighted by atomic mass is 10.2. The number of halogens is 1. The van der Waals surface area contributed by atoms with Crippen LogP contribution in [-0.4, -0.2) is 5.33 Å². The smallest absolute Gasteiger partial charge is 0.103 e. The van der Waals surface area contributed by atoms with Crippen LogP contribution in [0.5, 0.6) is 0 Å². The van der Waals surface area contributed by atoms with Crippen molar-refractivity contribution in [2.24, 2.45) is 0 Å². The molecule has 0 amide bonds. The Morgan fingerprint density at radius 3 is 2.90 bits per heavy atom. The number of furan rings is 1. The van der Waals surface area contributed by atoms with Gasteiger partial charge in [-0.1, -0.05) is 15.9 Å². The van der Waals surface area contributed by atoms with Crippen LogP contribution in [0.15, 0.2) is 22.8 Å². The topological polar surface area (TPSA) is 13.1 Å². The molecule has 56 valence electrons. The molecule has 0 bridgehead atoms. The van der Waals surface area contributed by atoms with Crippen LogP contribution in [0.2, 0.25) is 0 Å². The Hall–Kier alpha value is -0.240. The maximum Gasteiger partial charge on any atom is 0.103 e. The second-order valence-corrected chi connectivity index (χ2v) is 3.02. The van der Waals surface area contributed by atoms with Crippen molar-refractivity contribution < 1.29 is 4.42 Å². The van der Waals surface area contributed by atoms with Crippen LogP contribution in [0.25, 0.3) is 0 Å². The summed E-state index contributed by atoms with van der Waals surface area (Å²) in [5.41, 5.74) is 0. The molecule has 0 aromatic carbocycles. The highest BCUT2D eigenvalue weighted by molar-refractivity contribution is 9.09. The normalized spacial score (nSPS) is 10.1. The third-order valence-electron chi connectivity index (χ3n) is 1.39. The van der Waals surface area contributed by atoms with Crippen LogP contribution in [0, 0.1) is 0 Å². The van der Waals surface area contributed by atoms with Crippen molar-refractivity contribution in [3.63, 3.8) is 0 Å². The zero-order valence-electron chi connectivity index (χ0n) is 5.85. The quantitative estimate of drug-likeness (QED) is 0.541. The molecule has 0 unspecified atom stereocenters. The molecule has 0 saturated carbocycles. The molecule has 0 aliphatic rings. The highest BCUT2D eigenvalue weighted by Crippen LogP contribution is 2.05. The summed E-state index contributed by atoms with van der Waals surface area (Å²) in [6.07, 6.45) is 5.22. The summed E-state index contributed by atoms with van der Waals surface area (Å²) in [6, 6.07) is 3.96. The molecule has 1 aromatic rings. The predicted octanol–water partition coefficient (Wildman–Crippen LogP) is 3.00. The van der Waals surface area contributed by atoms with E-state index in [1.54, 1.807) is 6.26 Å². The third-order valence-corrected chi connectivity index (χ3v) is 1.95. The summed E-state index contributed by atoms with van der Waals surface area (Å²) in [4.78, 5) is 0. The molecule has 10 heavy (non-hydrogen) atoms. The Bertz CT molecular complexity index is 158. The average Bonchev–Trinajstić information content (AvgIpc) is 2.41. The third kappa shape index (κ3) is 2.56. The van der Waals surface area contributed by atoms with E-state index in [0.29, 0.717) is 0 Å². The Morgan fingerprint density at radius 1 is 1.40 bits per heavy atom. The second-order valence-electron chi connectivity index (χ2n) is 2.23. The van der Waals surface area contributed by atoms with Crippen molar-refractivity contribution in [3.8, 4) is 0 Å². The molecule has 1 nitrogen and oxygen atoms in total. The van der Waals surface area contributed by atoms with E-state index in [9.17, 15) is 0 Å². The van der Waals surface area contributed by atoms with Crippen molar-refractivity contribution in [3.05, 3.63) is 24.2 Å². The minimum Gasteiger partial charge on any atom is -0.469 e. The van der Waals surface area contributed by atoms with Gasteiger partial charge >= 0.3 is 0 Å². The van der Waals surface area contributed by atoms with Gasteiger partial charge in [0.2, 0.25) is 0 Å². The van der Waals surface area contributed by atoms with Gasteiger partial charge in [-0.25, -0.2) is 0 Å². The number of hydrogen-bond donors (Lipinski definition) is 0. The second kappa shape index (κ2) is 4.56. The fraction of sp³-hybridized carbons (Fsp3) is 0.500. The fourth-order valence-corrected chi connectivity index (χ4v) is 1.25. The monoisotopic (exact) mass is 202 g/mol. The van der Waals surface area contributed by atoms with Crippen LogP contribution in [0.4, 0.5) is 0 Å². The molecule has 0 atom stereocenters. The first-order valence-corrected chi connectivity index (χ1v) is 4.64. The highest BCUT2D eigenvalue weighted by Gasteiger charge is 1.93. The molecule has 1 heterocycles. The summed E-state index contributed by atoms with van der Waals surface area (Å²) in [5.74, 6) is 1.10. The first-order chi connectivity index (χ1) is 4.93. The standard InChI is InChI=1S/C8H11BrO/c9-6-2-1-4-8-5-3-7-10-8/h3,5,7H,1-2,4,6H2. The Labute approximate surface area is 69.6 Å². The van der Waals surface area contributed by atoms with E-state index in [2.05, 4.69) is 15.9 Å². The molecule has 0 N–H and O–H groups in total. The van der Waals surface area contributed by atoms with Gasteiger partial charge in [0.25, 0.3) is 0 Å². The molecule has 1 aromatic heterocycles. The van der Waals surface area contributed by atoms with Crippen LogP contribution in [0.1, 0.15) is 18.6 Å². The van der Waals surface area contributed by atoms with Crippen molar-refractivity contribution in [2.45, 2.75) is 19.3 Å². The lowest BCUT2D eigenvalue weighted by Crippen LogP contribution is -1.81. The number of aryl methyl sites for hydroxylation is 1. The number of unbranched alkanes of at least 4 members (excludes halogenated alkanes) is 1. The molecular formula is C8H11BrO. The number of hydrogen-bond acceptors (Lipinski definition) is 1. The Kier molecular flexibility index (Phi) is 3.58. The number of rotatable bonds is 4. The number of alkyl halides is 1. The zero-order chi connectivity index (χ0) is 7.23. The van der Waals surface area contributed by atoms with Gasteiger partial charge in [-0.3, -0.25) is 0 Å². The van der Waals surface area contributed by atoms with Gasteiger partial charge in [-0.15, -0.1) is 0 Å². The van der Waals surface area contributed by atoms with Crippen LogP contribution < -0.4 is 0 Å². The van der Waals surface area contributed by atoms with E-state index >= 15 is 0 Å². The van der Waals surface area contributed by atoms with Crippen LogP contribution >= 0.6 is 15.9 Å². The minimum atomic E-state index is 1.07. The Balaban J connectivity index is 2.15. The molecule has 0 aliphatic carbocycles. The maximum absolute atomic E-state index is 5.16. The van der Waals surface area contributed by atoms with Crippen molar-refractivity contribution in [2.75, 3.05) is 5.33 Å². The van der Waals surface area contributed by atoms with E-state index < -0.39 is 0 Å². The van der Waals surface area contributed by atoms with Gasteiger partial charge in [0, 0.05) is 11.8 Å². The van der Waals surface area contributed by atoms with Gasteiger partial charge in [-0.2, -0.15) is 0 Å². The zero-order valence-corrected chi connectivity index (χ0v) is 7.43. The molecule has 0 aliphatic heterocycles. The van der Waals surface area contributed by atoms with Gasteiger partial charge in [0.15, 0.2) is 0 Å². The summed E-state index contributed by atoms with van der Waals surface area (Å²) < 4.78 is 5.16. The first-order valence-electron chi connectivity index (χ1n) is 3.52. The van der Waals surface area contributed by atoms with E-state index in [0.717, 1.165) is 17.5 Å². The fourth-order valence-electron chi connectivity index (χ4n) is 0.849. The van der Waals surface area contributed by atoms with Crippen LogP contribution in [0.3, 0.4) is 0 Å². The molecule has 2 heteroatoms. The molecule has 0 spiro atoms. The first kappa shape index (κ1) is 7.86. The van der Waals surface area contributed by atoms with Crippen molar-refractivity contribution in [1.29, 1.82) is 0 Å². The van der Waals surface area contributed by atoms with Gasteiger partial charge in [-0.05, 0) is 25.0 Å². The van der Waals surface area contributed by atoms with Gasteiger partial charge in [0.1, 0.15) is 5.76 Å². The van der Waals surface area contributed by atoms with Crippen LogP contribution in [-0.2, 0) is 6.42 Å². The molecule has 0 radical (unpaired) electrons. The SMILES string of the molecule is BrCCCCc1ccco1. The minimum absolute atomic E-state index is 1.07. The lowest BCUT2D eigenvalue weighted by Gasteiger charge is -1.92. The molecular weight excluding hydrogens is 192 g/mol. The van der Waals surface area contributed by atoms with E-state index in [-0.39, 0.29) is 0 Å². The average molecular weight is 203 g/mol. The maximum atomic E-state index is 5.16. The van der Waals surface area contributed by atoms with E-state index in [4.69, 9.17) is 4.42 Å². The van der Waals surface area contributed by atoms with Crippen molar-refractivity contribution >= 4 is 15.9 Å². The van der Waals surface area contributed by atoms with Crippen molar-refractivity contribution in [1.82, 2.24) is 0 Å². The summed E-state index contributed by atoms with van der Waals surface area (Å²) in [7, 11) is 0. The van der Waals surface area contributed by atoms with Gasteiger partial charge in [0.05, 0.1) is 6.26 Å². The van der Waals surface area contributed by atoms with Gasteiger partial charge < -0.3 is 4.42 Å². The molecule has 0 saturated heterocycles. The largest absolute Gasteiger partial charge is 0.469 e. The predicted molar refractivity (Wildman–Crippen MR) is 45.4 cm³/mol. The molecule has 1 rings (SSSR count). The molecule has 0 fully saturated rings. The van der Waals surface area contributed by atoms with E-state index in [1.807, 2.05) is 12.1 Å². The highest BCUT2D eigenvalue weighted by atomic mass is 79.9. The summed E-state index contributed by atoms with van der Waals surface area (Å²) in [5, 5.41) is 1.09. The van der Waals surface area contributed by atoms with E-state index in [1.165, 1.54) is 12.8 Å². The lowest BCUT2D eigenvalue weighted by molar-refractivity contribution is 0.501. The summed E-state index contributed by atoms with van der Waals surface area (Å²) in [6.45, 7) is 0. The summed E-state index contributed by atoms with van der Waals surface area (Å²) >= 11 is 3.38.